The lowest BCUT2D eigenvalue weighted by Gasteiger charge is -2.23. The van der Waals surface area contributed by atoms with E-state index >= 15 is 0 Å². The Labute approximate surface area is 348 Å². The highest BCUT2D eigenvalue weighted by atomic mass is 16.5. The molecule has 4 amide bonds. The first-order chi connectivity index (χ1) is 27.8. The molecule has 0 spiro atoms. The molecule has 0 aromatic rings. The lowest BCUT2D eigenvalue weighted by Crippen LogP contribution is -2.43. The summed E-state index contributed by atoms with van der Waals surface area (Å²) >= 11 is 0. The van der Waals surface area contributed by atoms with Crippen molar-refractivity contribution in [2.45, 2.75) is 219 Å². The van der Waals surface area contributed by atoms with Crippen molar-refractivity contribution < 1.29 is 33.8 Å². The zero-order valence-electron chi connectivity index (χ0n) is 36.9. The Morgan fingerprint density at radius 1 is 0.386 bits per heavy atom. The fourth-order valence-corrected chi connectivity index (χ4v) is 7.09. The number of amides is 4. The Morgan fingerprint density at radius 2 is 0.667 bits per heavy atom. The van der Waals surface area contributed by atoms with E-state index < -0.39 is 36.8 Å². The number of nitrogens with one attached hydrogen (secondary N) is 3. The lowest BCUT2D eigenvalue weighted by molar-refractivity contribution is -0.139. The van der Waals surface area contributed by atoms with E-state index in [4.69, 9.17) is 9.84 Å². The van der Waals surface area contributed by atoms with Crippen LogP contribution in [-0.4, -0.2) is 85.5 Å². The average Bonchev–Trinajstić information content (AvgIpc) is 3.20. The van der Waals surface area contributed by atoms with Gasteiger partial charge in [-0.3, -0.25) is 24.0 Å². The molecule has 0 saturated carbocycles. The van der Waals surface area contributed by atoms with Gasteiger partial charge in [-0.25, -0.2) is 0 Å². The van der Waals surface area contributed by atoms with Gasteiger partial charge in [0.05, 0.1) is 13.1 Å². The molecular weight excluding hydrogens is 721 g/mol. The Bertz CT molecular complexity index is 944. The summed E-state index contributed by atoms with van der Waals surface area (Å²) < 4.78 is 5.43. The Morgan fingerprint density at radius 3 is 0.982 bits per heavy atom. The third-order valence-corrected chi connectivity index (χ3v) is 10.7. The van der Waals surface area contributed by atoms with Crippen LogP contribution in [-0.2, 0) is 28.7 Å². The molecule has 57 heavy (non-hydrogen) atoms. The van der Waals surface area contributed by atoms with E-state index in [1.54, 1.807) is 0 Å². The van der Waals surface area contributed by atoms with Crippen molar-refractivity contribution in [3.63, 3.8) is 0 Å². The summed E-state index contributed by atoms with van der Waals surface area (Å²) in [5, 5.41) is 15.4. The molecule has 0 rings (SSSR count). The molecule has 0 aliphatic heterocycles. The van der Waals surface area contributed by atoms with Gasteiger partial charge in [0.15, 0.2) is 0 Å². The highest BCUT2D eigenvalue weighted by Gasteiger charge is 2.15. The summed E-state index contributed by atoms with van der Waals surface area (Å²) in [7, 11) is 0. The fourth-order valence-electron chi connectivity index (χ4n) is 7.09. The monoisotopic (exact) mass is 809 g/mol. The van der Waals surface area contributed by atoms with Gasteiger partial charge in [0.1, 0.15) is 19.8 Å². The number of carbonyl (C=O) groups is 5. The molecule has 0 aromatic carbocycles. The van der Waals surface area contributed by atoms with Crippen molar-refractivity contribution in [3.8, 4) is 0 Å². The van der Waals surface area contributed by atoms with Crippen LogP contribution in [0.25, 0.3) is 0 Å². The predicted molar refractivity (Wildman–Crippen MR) is 233 cm³/mol. The number of hydrogen-bond acceptors (Lipinski definition) is 6. The van der Waals surface area contributed by atoms with E-state index in [1.165, 1.54) is 180 Å². The molecule has 0 fully saturated rings. The number of carbonyl (C=O) groups excluding carboxylic acids is 4. The van der Waals surface area contributed by atoms with Gasteiger partial charge in [-0.2, -0.15) is 0 Å². The van der Waals surface area contributed by atoms with E-state index in [0.717, 1.165) is 25.7 Å². The number of rotatable bonds is 44. The van der Waals surface area contributed by atoms with E-state index in [9.17, 15) is 24.0 Å². The number of nitrogens with zero attached hydrogens (tertiary/aromatic N) is 1. The van der Waals surface area contributed by atoms with Crippen LogP contribution >= 0.6 is 0 Å². The van der Waals surface area contributed by atoms with Gasteiger partial charge in [-0.15, -0.1) is 0 Å². The van der Waals surface area contributed by atoms with E-state index in [2.05, 4.69) is 29.8 Å². The fraction of sp³-hybridized carbons (Fsp3) is 0.891. The van der Waals surface area contributed by atoms with Crippen LogP contribution in [0, 0.1) is 0 Å². The number of hydrogen-bond donors (Lipinski definition) is 4. The maximum absolute atomic E-state index is 13.1. The summed E-state index contributed by atoms with van der Waals surface area (Å²) in [6, 6.07) is 0. The topological polar surface area (TPSA) is 154 Å². The molecule has 0 saturated heterocycles. The maximum Gasteiger partial charge on any atom is 0.322 e. The van der Waals surface area contributed by atoms with E-state index in [1.807, 2.05) is 4.90 Å². The standard InChI is InChI=1S/C46H88N4O7/c1-3-5-7-9-11-13-15-17-19-21-23-25-27-29-31-33-35-50(36-34-32-30-28-26-24-22-20-18-16-14-12-10-8-6-4-2)45(54)41-57-40-44(53)48-38-42(51)47-37-43(52)49-39-46(55)56/h3-41H2,1-2H3,(H,47,51)(H,48,53)(H,49,52)(H,55,56). The van der Waals surface area contributed by atoms with Crippen molar-refractivity contribution >= 4 is 29.6 Å². The predicted octanol–water partition coefficient (Wildman–Crippen LogP) is 9.79. The molecule has 11 nitrogen and oxygen atoms in total. The first-order valence-electron chi connectivity index (χ1n) is 23.7. The first-order valence-corrected chi connectivity index (χ1v) is 23.7. The summed E-state index contributed by atoms with van der Waals surface area (Å²) in [6.45, 7) is 4.08. The highest BCUT2D eigenvalue weighted by Crippen LogP contribution is 2.16. The number of ether oxygens (including phenoxy) is 1. The van der Waals surface area contributed by atoms with Gasteiger partial charge < -0.3 is 30.7 Å². The van der Waals surface area contributed by atoms with Gasteiger partial charge in [-0.05, 0) is 12.8 Å². The summed E-state index contributed by atoms with van der Waals surface area (Å²) in [4.78, 5) is 61.2. The van der Waals surface area contributed by atoms with Crippen molar-refractivity contribution in [2.24, 2.45) is 0 Å². The molecule has 0 bridgehead atoms. The minimum Gasteiger partial charge on any atom is -0.480 e. The molecule has 0 heterocycles. The van der Waals surface area contributed by atoms with Gasteiger partial charge in [0.25, 0.3) is 0 Å². The van der Waals surface area contributed by atoms with Gasteiger partial charge in [0, 0.05) is 13.1 Å². The summed E-state index contributed by atoms with van der Waals surface area (Å²) in [5.74, 6) is -3.11. The number of carboxylic acid groups (broad SMARTS) is 1. The van der Waals surface area contributed by atoms with Crippen molar-refractivity contribution in [1.29, 1.82) is 0 Å². The third kappa shape index (κ3) is 41.3. The minimum absolute atomic E-state index is 0.116. The quantitative estimate of drug-likeness (QED) is 0.0447. The maximum atomic E-state index is 13.1. The van der Waals surface area contributed by atoms with Crippen molar-refractivity contribution in [3.05, 3.63) is 0 Å². The van der Waals surface area contributed by atoms with Crippen LogP contribution in [0.15, 0.2) is 0 Å². The van der Waals surface area contributed by atoms with Gasteiger partial charge >= 0.3 is 5.97 Å². The largest absolute Gasteiger partial charge is 0.480 e. The molecule has 0 radical (unpaired) electrons. The zero-order chi connectivity index (χ0) is 41.9. The first kappa shape index (κ1) is 54.3. The Hall–Kier alpha value is -2.69. The Kier molecular flexibility index (Phi) is 40.9. The lowest BCUT2D eigenvalue weighted by atomic mass is 10.0. The van der Waals surface area contributed by atoms with Crippen LogP contribution in [0.5, 0.6) is 0 Å². The second-order valence-electron chi connectivity index (χ2n) is 16.2. The molecule has 4 N–H and O–H groups in total. The molecule has 0 unspecified atom stereocenters. The van der Waals surface area contributed by atoms with E-state index in [0.29, 0.717) is 13.1 Å². The van der Waals surface area contributed by atoms with Crippen LogP contribution in [0.3, 0.4) is 0 Å². The molecular formula is C46H88N4O7. The second kappa shape index (κ2) is 42.9. The Balaban J connectivity index is 4.32. The molecule has 0 atom stereocenters. The van der Waals surface area contributed by atoms with Gasteiger partial charge in [0.2, 0.25) is 23.6 Å². The van der Waals surface area contributed by atoms with E-state index in [-0.39, 0.29) is 25.7 Å². The molecule has 0 aliphatic carbocycles. The number of unbranched alkanes of at least 4 members (excludes halogenated alkanes) is 30. The number of carboxylic acids is 1. The minimum atomic E-state index is -1.19. The van der Waals surface area contributed by atoms with Crippen molar-refractivity contribution in [2.75, 3.05) is 45.9 Å². The van der Waals surface area contributed by atoms with Crippen LogP contribution < -0.4 is 16.0 Å². The molecule has 334 valence electrons. The van der Waals surface area contributed by atoms with Gasteiger partial charge in [-0.1, -0.05) is 206 Å². The zero-order valence-corrected chi connectivity index (χ0v) is 36.9. The molecule has 11 heteroatoms. The molecule has 0 aromatic heterocycles. The smallest absolute Gasteiger partial charge is 0.322 e. The SMILES string of the molecule is CCCCCCCCCCCCCCCCCCN(CCCCCCCCCCCCCCCCCC)C(=O)COCC(=O)NCC(=O)NCC(=O)NCC(=O)O. The number of aliphatic carboxylic acids is 1. The highest BCUT2D eigenvalue weighted by molar-refractivity contribution is 5.89. The normalized spacial score (nSPS) is 11.1. The van der Waals surface area contributed by atoms with Crippen LogP contribution in [0.1, 0.15) is 219 Å². The summed E-state index contributed by atoms with van der Waals surface area (Å²) in [5.41, 5.74) is 0. The third-order valence-electron chi connectivity index (χ3n) is 10.7. The molecule has 0 aliphatic rings. The average molecular weight is 809 g/mol. The van der Waals surface area contributed by atoms with Crippen LogP contribution in [0.2, 0.25) is 0 Å². The van der Waals surface area contributed by atoms with Crippen molar-refractivity contribution in [1.82, 2.24) is 20.9 Å². The summed E-state index contributed by atoms with van der Waals surface area (Å²) in [6.07, 6.45) is 41.8. The van der Waals surface area contributed by atoms with Crippen LogP contribution in [0.4, 0.5) is 0 Å². The second-order valence-corrected chi connectivity index (χ2v) is 16.2.